The monoisotopic (exact) mass is 334 g/mol. The standard InChI is InChI=1S/C18H30N4O2/c1-3-14(4-2)16-11-15(5-8-24-16)21-17-12-18(20-13-19-17)22-6-9-23-10-7-22/h12-16H,3-11H2,1-2H3,(H,19,20,21)/t15-,16+/m0/s1. The van der Waals surface area contributed by atoms with Gasteiger partial charge in [-0.15, -0.1) is 0 Å². The van der Waals surface area contributed by atoms with Crippen molar-refractivity contribution in [2.24, 2.45) is 5.92 Å². The van der Waals surface area contributed by atoms with Crippen molar-refractivity contribution in [3.8, 4) is 0 Å². The lowest BCUT2D eigenvalue weighted by Crippen LogP contribution is -2.38. The van der Waals surface area contributed by atoms with Crippen LogP contribution in [0.3, 0.4) is 0 Å². The minimum atomic E-state index is 0.367. The van der Waals surface area contributed by atoms with Crippen molar-refractivity contribution in [2.75, 3.05) is 43.1 Å². The summed E-state index contributed by atoms with van der Waals surface area (Å²) in [5, 5.41) is 3.60. The SMILES string of the molecule is CCC(CC)[C@H]1C[C@@H](Nc2cc(N3CCOCC3)ncn2)CCO1. The molecule has 2 aliphatic heterocycles. The molecule has 1 aromatic heterocycles. The van der Waals surface area contributed by atoms with Gasteiger partial charge in [-0.1, -0.05) is 26.7 Å². The van der Waals surface area contributed by atoms with Crippen molar-refractivity contribution in [3.63, 3.8) is 0 Å². The molecule has 2 saturated heterocycles. The summed E-state index contributed by atoms with van der Waals surface area (Å²) in [5.41, 5.74) is 0. The first-order valence-corrected chi connectivity index (χ1v) is 9.33. The first-order chi connectivity index (χ1) is 11.8. The fraction of sp³-hybridized carbons (Fsp3) is 0.778. The van der Waals surface area contributed by atoms with E-state index in [1.807, 2.05) is 0 Å². The quantitative estimate of drug-likeness (QED) is 0.863. The zero-order valence-electron chi connectivity index (χ0n) is 14.9. The molecule has 134 valence electrons. The third kappa shape index (κ3) is 4.36. The van der Waals surface area contributed by atoms with Crippen LogP contribution in [0.4, 0.5) is 11.6 Å². The van der Waals surface area contributed by atoms with Gasteiger partial charge in [-0.25, -0.2) is 9.97 Å². The predicted octanol–water partition coefficient (Wildman–Crippen LogP) is 2.71. The Morgan fingerprint density at radius 3 is 2.75 bits per heavy atom. The van der Waals surface area contributed by atoms with E-state index < -0.39 is 0 Å². The van der Waals surface area contributed by atoms with Crippen LogP contribution in [-0.4, -0.2) is 55.0 Å². The summed E-state index contributed by atoms with van der Waals surface area (Å²) >= 11 is 0. The van der Waals surface area contributed by atoms with Crippen molar-refractivity contribution in [3.05, 3.63) is 12.4 Å². The molecule has 0 aliphatic carbocycles. The molecule has 2 atom stereocenters. The second-order valence-electron chi connectivity index (χ2n) is 6.71. The van der Waals surface area contributed by atoms with Gasteiger partial charge in [-0.3, -0.25) is 0 Å². The van der Waals surface area contributed by atoms with Crippen molar-refractivity contribution in [1.29, 1.82) is 0 Å². The molecule has 6 nitrogen and oxygen atoms in total. The van der Waals surface area contributed by atoms with Gasteiger partial charge in [0.1, 0.15) is 18.0 Å². The van der Waals surface area contributed by atoms with E-state index in [0.717, 1.165) is 57.4 Å². The maximum atomic E-state index is 6.01. The van der Waals surface area contributed by atoms with Gasteiger partial charge < -0.3 is 19.7 Å². The number of aromatic nitrogens is 2. The highest BCUT2D eigenvalue weighted by Gasteiger charge is 2.27. The van der Waals surface area contributed by atoms with Gasteiger partial charge in [0, 0.05) is 31.8 Å². The van der Waals surface area contributed by atoms with Gasteiger partial charge in [-0.2, -0.15) is 0 Å². The van der Waals surface area contributed by atoms with Crippen LogP contribution in [0.1, 0.15) is 39.5 Å². The number of ether oxygens (including phenoxy) is 2. The summed E-state index contributed by atoms with van der Waals surface area (Å²) < 4.78 is 11.4. The molecule has 2 fully saturated rings. The first kappa shape index (κ1) is 17.4. The Labute approximate surface area is 145 Å². The number of hydrogen-bond acceptors (Lipinski definition) is 6. The lowest BCUT2D eigenvalue weighted by Gasteiger charge is -2.34. The second kappa shape index (κ2) is 8.62. The zero-order chi connectivity index (χ0) is 16.8. The van der Waals surface area contributed by atoms with E-state index in [-0.39, 0.29) is 0 Å². The van der Waals surface area contributed by atoms with E-state index >= 15 is 0 Å². The van der Waals surface area contributed by atoms with Crippen LogP contribution < -0.4 is 10.2 Å². The number of nitrogens with one attached hydrogen (secondary N) is 1. The molecule has 3 rings (SSSR count). The smallest absolute Gasteiger partial charge is 0.134 e. The number of nitrogens with zero attached hydrogens (tertiary/aromatic N) is 3. The predicted molar refractivity (Wildman–Crippen MR) is 95.5 cm³/mol. The van der Waals surface area contributed by atoms with Gasteiger partial charge in [0.15, 0.2) is 0 Å². The molecule has 3 heterocycles. The molecule has 1 N–H and O–H groups in total. The average Bonchev–Trinajstić information content (AvgIpc) is 2.64. The van der Waals surface area contributed by atoms with Gasteiger partial charge in [0.25, 0.3) is 0 Å². The van der Waals surface area contributed by atoms with E-state index in [2.05, 4.69) is 40.1 Å². The highest BCUT2D eigenvalue weighted by molar-refractivity contribution is 5.49. The lowest BCUT2D eigenvalue weighted by atomic mass is 9.89. The Hall–Kier alpha value is -1.40. The zero-order valence-corrected chi connectivity index (χ0v) is 14.9. The summed E-state index contributed by atoms with van der Waals surface area (Å²) in [6.45, 7) is 8.67. The first-order valence-electron chi connectivity index (χ1n) is 9.33. The van der Waals surface area contributed by atoms with Crippen LogP contribution in [0.2, 0.25) is 0 Å². The largest absolute Gasteiger partial charge is 0.378 e. The highest BCUT2D eigenvalue weighted by atomic mass is 16.5. The van der Waals surface area contributed by atoms with Crippen molar-refractivity contribution >= 4 is 11.6 Å². The maximum Gasteiger partial charge on any atom is 0.134 e. The Bertz CT molecular complexity index is 504. The van der Waals surface area contributed by atoms with Crippen LogP contribution >= 0.6 is 0 Å². The third-order valence-electron chi connectivity index (χ3n) is 5.23. The molecule has 24 heavy (non-hydrogen) atoms. The molecule has 0 saturated carbocycles. The van der Waals surface area contributed by atoms with E-state index in [9.17, 15) is 0 Å². The Balaban J connectivity index is 1.60. The van der Waals surface area contributed by atoms with Crippen LogP contribution in [-0.2, 0) is 9.47 Å². The number of anilines is 2. The molecule has 0 unspecified atom stereocenters. The molecule has 0 bridgehead atoms. The number of morpholine rings is 1. The van der Waals surface area contributed by atoms with Crippen LogP contribution in [0.15, 0.2) is 12.4 Å². The Morgan fingerprint density at radius 2 is 2.00 bits per heavy atom. The molecule has 1 aromatic rings. The summed E-state index contributed by atoms with van der Waals surface area (Å²) in [6, 6.07) is 2.49. The minimum Gasteiger partial charge on any atom is -0.378 e. The number of rotatable bonds is 6. The van der Waals surface area contributed by atoms with E-state index in [4.69, 9.17) is 9.47 Å². The van der Waals surface area contributed by atoms with Crippen LogP contribution in [0.5, 0.6) is 0 Å². The van der Waals surface area contributed by atoms with E-state index in [1.54, 1.807) is 6.33 Å². The summed E-state index contributed by atoms with van der Waals surface area (Å²) in [6.07, 6.45) is 6.49. The van der Waals surface area contributed by atoms with Crippen LogP contribution in [0, 0.1) is 5.92 Å². The van der Waals surface area contributed by atoms with Gasteiger partial charge >= 0.3 is 0 Å². The average molecular weight is 334 g/mol. The highest BCUT2D eigenvalue weighted by Crippen LogP contribution is 2.27. The molecule has 0 radical (unpaired) electrons. The van der Waals surface area contributed by atoms with Crippen LogP contribution in [0.25, 0.3) is 0 Å². The van der Waals surface area contributed by atoms with Gasteiger partial charge in [-0.05, 0) is 18.8 Å². The fourth-order valence-corrected chi connectivity index (χ4v) is 3.70. The summed E-state index contributed by atoms with van der Waals surface area (Å²) in [7, 11) is 0. The van der Waals surface area contributed by atoms with E-state index in [0.29, 0.717) is 18.1 Å². The van der Waals surface area contributed by atoms with Crippen molar-refractivity contribution < 1.29 is 9.47 Å². The Kier molecular flexibility index (Phi) is 6.26. The number of hydrogen-bond donors (Lipinski definition) is 1. The third-order valence-corrected chi connectivity index (χ3v) is 5.23. The molecule has 0 aromatic carbocycles. The van der Waals surface area contributed by atoms with Gasteiger partial charge in [0.05, 0.1) is 19.3 Å². The normalized spacial score (nSPS) is 25.0. The molecule has 0 spiro atoms. The molecule has 0 amide bonds. The maximum absolute atomic E-state index is 6.01. The fourth-order valence-electron chi connectivity index (χ4n) is 3.70. The van der Waals surface area contributed by atoms with Crippen molar-refractivity contribution in [1.82, 2.24) is 9.97 Å². The Morgan fingerprint density at radius 1 is 1.21 bits per heavy atom. The molecular weight excluding hydrogens is 304 g/mol. The molecule has 6 heteroatoms. The molecule has 2 aliphatic rings. The minimum absolute atomic E-state index is 0.367. The van der Waals surface area contributed by atoms with E-state index in [1.165, 1.54) is 12.8 Å². The second-order valence-corrected chi connectivity index (χ2v) is 6.71. The molecular formula is C18H30N4O2. The topological polar surface area (TPSA) is 59.5 Å². The van der Waals surface area contributed by atoms with Gasteiger partial charge in [0.2, 0.25) is 0 Å². The lowest BCUT2D eigenvalue weighted by molar-refractivity contribution is -0.0271. The van der Waals surface area contributed by atoms with Crippen molar-refractivity contribution in [2.45, 2.75) is 51.7 Å². The summed E-state index contributed by atoms with van der Waals surface area (Å²) in [4.78, 5) is 11.1. The summed E-state index contributed by atoms with van der Waals surface area (Å²) in [5.74, 6) is 2.56.